The maximum absolute atomic E-state index is 14.2. The second-order valence-electron chi connectivity index (χ2n) is 19.5. The lowest BCUT2D eigenvalue weighted by Gasteiger charge is -2.30. The van der Waals surface area contributed by atoms with Gasteiger partial charge in [-0.05, 0) is 104 Å². The van der Waals surface area contributed by atoms with E-state index in [-0.39, 0.29) is 41.7 Å². The summed E-state index contributed by atoms with van der Waals surface area (Å²) in [6.45, 7) is 12.8. The highest BCUT2D eigenvalue weighted by Crippen LogP contribution is 2.42. The molecule has 8 rings (SSSR count). The first-order chi connectivity index (χ1) is 37.3. The normalized spacial score (nSPS) is 14.3. The number of methoxy groups -OCH3 is 3. The number of ether oxygens (including phenoxy) is 7. The molecule has 0 spiro atoms. The molecular weight excluding hydrogens is 1020 g/mol. The van der Waals surface area contributed by atoms with E-state index in [4.69, 9.17) is 38.2 Å². The van der Waals surface area contributed by atoms with Crippen LogP contribution in [0.5, 0.6) is 23.0 Å². The molecule has 0 bridgehead atoms. The number of para-hydroxylation sites is 2. The number of hydrogen-bond acceptors (Lipinski definition) is 15. The molecule has 0 fully saturated rings. The van der Waals surface area contributed by atoms with Crippen LogP contribution in [0.3, 0.4) is 0 Å². The van der Waals surface area contributed by atoms with Crippen LogP contribution in [0.4, 0.5) is 28.4 Å². The Bertz CT molecular complexity index is 2940. The highest BCUT2D eigenvalue weighted by atomic mass is 33.1. The molecule has 5 aromatic carbocycles. The third-order valence-electron chi connectivity index (χ3n) is 13.6. The molecule has 0 radical (unpaired) electrons. The van der Waals surface area contributed by atoms with Crippen molar-refractivity contribution in [2.24, 2.45) is 9.98 Å². The lowest BCUT2D eigenvalue weighted by molar-refractivity contribution is -0.130. The van der Waals surface area contributed by atoms with Crippen molar-refractivity contribution in [1.82, 2.24) is 4.90 Å². The molecule has 0 N–H and O–H groups in total. The van der Waals surface area contributed by atoms with Crippen LogP contribution in [0.15, 0.2) is 101 Å². The zero-order valence-corrected chi connectivity index (χ0v) is 46.8. The van der Waals surface area contributed by atoms with Crippen molar-refractivity contribution in [1.29, 1.82) is 0 Å². The van der Waals surface area contributed by atoms with Crippen LogP contribution in [-0.4, -0.2) is 140 Å². The molecule has 0 aliphatic carbocycles. The molecule has 18 heteroatoms. The molecule has 408 valence electrons. The van der Waals surface area contributed by atoms with Gasteiger partial charge in [-0.2, -0.15) is 0 Å². The minimum absolute atomic E-state index is 0.0756. The fourth-order valence-electron chi connectivity index (χ4n) is 9.95. The molecule has 16 nitrogen and oxygen atoms in total. The number of amides is 3. The lowest BCUT2D eigenvalue weighted by atomic mass is 10.1. The van der Waals surface area contributed by atoms with Crippen LogP contribution < -0.4 is 33.6 Å². The predicted octanol–water partition coefficient (Wildman–Crippen LogP) is 10.2. The summed E-state index contributed by atoms with van der Waals surface area (Å²) in [6, 6.07) is 28.6. The van der Waals surface area contributed by atoms with Gasteiger partial charge in [0.1, 0.15) is 13.2 Å². The summed E-state index contributed by atoms with van der Waals surface area (Å²) in [7, 11) is 10.1. The van der Waals surface area contributed by atoms with Crippen LogP contribution in [0.1, 0.15) is 69.7 Å². The highest BCUT2D eigenvalue weighted by molar-refractivity contribution is 8.77. The zero-order chi connectivity index (χ0) is 54.5. The topological polar surface area (TPSA) is 154 Å². The Balaban J connectivity index is 1.08. The van der Waals surface area contributed by atoms with Gasteiger partial charge in [-0.25, -0.2) is 0 Å². The molecule has 3 aliphatic heterocycles. The van der Waals surface area contributed by atoms with Crippen LogP contribution in [0.25, 0.3) is 0 Å². The van der Waals surface area contributed by atoms with Crippen molar-refractivity contribution in [2.75, 3.05) is 109 Å². The summed E-state index contributed by atoms with van der Waals surface area (Å²) in [6.07, 6.45) is 6.26. The molecule has 0 unspecified atom stereocenters. The predicted molar refractivity (Wildman–Crippen MR) is 309 cm³/mol. The fraction of sp³-hybridized carbons (Fsp3) is 0.407. The third kappa shape index (κ3) is 14.0. The van der Waals surface area contributed by atoms with Crippen LogP contribution in [0.2, 0.25) is 0 Å². The number of nitrogens with zero attached hydrogens (tertiary/aromatic N) is 6. The van der Waals surface area contributed by atoms with Gasteiger partial charge in [-0.3, -0.25) is 29.3 Å². The maximum Gasteiger partial charge on any atom is 0.261 e. The first-order valence-electron chi connectivity index (χ1n) is 25.8. The van der Waals surface area contributed by atoms with Crippen molar-refractivity contribution >= 4 is 80.7 Å². The van der Waals surface area contributed by atoms with Gasteiger partial charge in [-0.1, -0.05) is 58.0 Å². The second-order valence-corrected chi connectivity index (χ2v) is 22.6. The summed E-state index contributed by atoms with van der Waals surface area (Å²) >= 11 is 0. The van der Waals surface area contributed by atoms with E-state index in [0.717, 1.165) is 45.7 Å². The van der Waals surface area contributed by atoms with Gasteiger partial charge >= 0.3 is 0 Å². The number of carbonyl (C=O) groups is 3. The van der Waals surface area contributed by atoms with Gasteiger partial charge in [0.2, 0.25) is 5.91 Å². The Morgan fingerprint density at radius 2 is 1.47 bits per heavy atom. The third-order valence-corrected chi connectivity index (χ3v) is 16.2. The van der Waals surface area contributed by atoms with Crippen molar-refractivity contribution < 1.29 is 47.5 Å². The quantitative estimate of drug-likeness (QED) is 0.0266. The highest BCUT2D eigenvalue weighted by Gasteiger charge is 2.37. The molecule has 3 heterocycles. The van der Waals surface area contributed by atoms with Gasteiger partial charge in [-0.15, -0.1) is 0 Å². The Hall–Kier alpha value is -6.57. The first kappa shape index (κ1) is 56.6. The number of benzene rings is 5. The molecule has 77 heavy (non-hydrogen) atoms. The fourth-order valence-corrected chi connectivity index (χ4v) is 12.2. The number of fused-ring (bicyclic) bond motifs is 5. The summed E-state index contributed by atoms with van der Waals surface area (Å²) in [4.78, 5) is 58.6. The Labute approximate surface area is 460 Å². The van der Waals surface area contributed by atoms with E-state index < -0.39 is 0 Å². The number of carbonyl (C=O) groups excluding carboxylic acids is 3. The van der Waals surface area contributed by atoms with Gasteiger partial charge < -0.3 is 47.9 Å². The average molecular weight is 1090 g/mol. The van der Waals surface area contributed by atoms with Crippen LogP contribution in [0, 0.1) is 0 Å². The Morgan fingerprint density at radius 1 is 0.805 bits per heavy atom. The average Bonchev–Trinajstić information content (AvgIpc) is 4.02. The zero-order valence-electron chi connectivity index (χ0n) is 45.2. The van der Waals surface area contributed by atoms with Crippen molar-refractivity contribution in [3.8, 4) is 23.0 Å². The van der Waals surface area contributed by atoms with E-state index in [1.807, 2.05) is 79.0 Å². The van der Waals surface area contributed by atoms with Gasteiger partial charge in [0.25, 0.3) is 11.8 Å². The molecule has 3 aliphatic rings. The molecular formula is C59H70N6O10S2. The van der Waals surface area contributed by atoms with Gasteiger partial charge in [0.05, 0.1) is 75.8 Å². The molecule has 5 aromatic rings. The minimum Gasteiger partial charge on any atom is -0.493 e. The lowest BCUT2D eigenvalue weighted by Crippen LogP contribution is -2.38. The van der Waals surface area contributed by atoms with Crippen LogP contribution in [-0.2, 0) is 45.1 Å². The monoisotopic (exact) mass is 1090 g/mol. The molecule has 1 atom stereocenters. The number of anilines is 3. The number of hydrogen-bond donors (Lipinski definition) is 0. The first-order valence-corrected chi connectivity index (χ1v) is 28.4. The maximum atomic E-state index is 14.2. The van der Waals surface area contributed by atoms with Gasteiger partial charge in [0.15, 0.2) is 23.0 Å². The Kier molecular flexibility index (Phi) is 19.6. The van der Waals surface area contributed by atoms with E-state index in [1.165, 1.54) is 7.11 Å². The number of aliphatic imine (C=N–C) groups is 2. The van der Waals surface area contributed by atoms with Crippen LogP contribution >= 0.6 is 21.6 Å². The molecule has 0 saturated carbocycles. The van der Waals surface area contributed by atoms with Crippen molar-refractivity contribution in [3.63, 3.8) is 0 Å². The van der Waals surface area contributed by atoms with Gasteiger partial charge in [0, 0.05) is 93.3 Å². The summed E-state index contributed by atoms with van der Waals surface area (Å²) in [5, 5.41) is 0. The second kappa shape index (κ2) is 26.7. The van der Waals surface area contributed by atoms with E-state index in [2.05, 4.69) is 42.6 Å². The van der Waals surface area contributed by atoms with Crippen molar-refractivity contribution in [3.05, 3.63) is 124 Å². The molecule has 0 aromatic heterocycles. The van der Waals surface area contributed by atoms with E-state index in [0.29, 0.717) is 124 Å². The molecule has 3 amide bonds. The Morgan fingerprint density at radius 3 is 2.17 bits per heavy atom. The minimum atomic E-state index is -0.211. The smallest absolute Gasteiger partial charge is 0.261 e. The van der Waals surface area contributed by atoms with E-state index >= 15 is 0 Å². The summed E-state index contributed by atoms with van der Waals surface area (Å²) in [5.74, 6) is 1.27. The molecule has 0 saturated heterocycles. The van der Waals surface area contributed by atoms with Crippen molar-refractivity contribution in [2.45, 2.75) is 63.5 Å². The summed E-state index contributed by atoms with van der Waals surface area (Å²) < 4.78 is 41.7. The standard InChI is InChI=1S/C59H70N6O10S2/c1-59(2,77-76-8)39-62(4)56(66)18-13-20-63(22-23-72-26-27-73-25-24-69-5)44-29-40(37-74-54-34-48(60-3)46(32-52(54)70-6)57(67)64-21-19-42-14-9-11-16-50(42)64)28-41(30-44)38-75-55-35-49-47(33-53(55)71-7)58(68)65-45(36-61-49)31-43-15-10-12-17-51(43)65/h9-12,14-17,28-30,32-36,45H,3,13,18-27,31,37-39H2,1-2,4-8H3/t45-/m0/s1. The van der Waals surface area contributed by atoms with E-state index in [9.17, 15) is 14.4 Å². The largest absolute Gasteiger partial charge is 0.493 e. The summed E-state index contributed by atoms with van der Waals surface area (Å²) in [5.41, 5.74) is 8.06. The van der Waals surface area contributed by atoms with E-state index in [1.54, 1.807) is 69.9 Å². The SMILES string of the molecule is C=Nc1cc(OCc2cc(COc3cc4c(cc3OC)C(=O)N3c5ccccc5C[C@H]3C=N4)cc(N(CCCC(=O)N(C)CC(C)(C)SSC)CCOCCOCCOC)c2)c(OC)cc1C(=O)N1CCc2ccccc21. The number of rotatable bonds is 28.